The Morgan fingerprint density at radius 1 is 1.17 bits per heavy atom. The van der Waals surface area contributed by atoms with Crippen LogP contribution in [0.5, 0.6) is 5.75 Å². The maximum absolute atomic E-state index is 5.36. The average molecular weight is 524 g/mol. The number of aliphatic imine (C=N–C) groups is 1. The van der Waals surface area contributed by atoms with Crippen LogP contribution in [0, 0.1) is 0 Å². The number of piperazine rings is 1. The Morgan fingerprint density at radius 3 is 2.60 bits per heavy atom. The second-order valence-electron chi connectivity index (χ2n) is 7.26. The molecule has 1 saturated heterocycles. The van der Waals surface area contributed by atoms with Crippen LogP contribution in [-0.2, 0) is 6.54 Å². The normalized spacial score (nSPS) is 14.2. The Bertz CT molecular complexity index is 821. The predicted molar refractivity (Wildman–Crippen MR) is 136 cm³/mol. The van der Waals surface area contributed by atoms with Crippen LogP contribution in [0.4, 0.5) is 11.5 Å². The first-order valence-corrected chi connectivity index (χ1v) is 10.1. The van der Waals surface area contributed by atoms with Gasteiger partial charge in [0.05, 0.1) is 13.7 Å². The van der Waals surface area contributed by atoms with E-state index in [2.05, 4.69) is 45.2 Å². The van der Waals surface area contributed by atoms with Gasteiger partial charge in [-0.3, -0.25) is 0 Å². The van der Waals surface area contributed by atoms with Gasteiger partial charge in [0.25, 0.3) is 0 Å². The smallest absolute Gasteiger partial charge is 0.194 e. The molecule has 0 unspecified atom stereocenters. The fourth-order valence-corrected chi connectivity index (χ4v) is 3.38. The molecule has 1 fully saturated rings. The standard InChI is InChI=1S/C22H32N6O.HI/c1-5-23-22(25-17-18-9-10-24-21(15-18)26(2)3)28-13-11-27(12-14-28)19-7-6-8-20(16-19)29-4;/h6-10,15-16H,5,11-14,17H2,1-4H3,(H,23,25);1H. The van der Waals surface area contributed by atoms with Crippen molar-refractivity contribution in [3.05, 3.63) is 48.2 Å². The largest absolute Gasteiger partial charge is 0.497 e. The molecule has 1 N–H and O–H groups in total. The van der Waals surface area contributed by atoms with Crippen molar-refractivity contribution in [3.63, 3.8) is 0 Å². The first-order valence-electron chi connectivity index (χ1n) is 10.1. The first kappa shape index (κ1) is 24.0. The summed E-state index contributed by atoms with van der Waals surface area (Å²) in [7, 11) is 5.71. The van der Waals surface area contributed by atoms with Gasteiger partial charge in [-0.15, -0.1) is 24.0 Å². The summed E-state index contributed by atoms with van der Waals surface area (Å²) in [6, 6.07) is 12.4. The highest BCUT2D eigenvalue weighted by Crippen LogP contribution is 2.22. The lowest BCUT2D eigenvalue weighted by molar-refractivity contribution is 0.372. The van der Waals surface area contributed by atoms with Crippen LogP contribution in [-0.4, -0.2) is 69.8 Å². The summed E-state index contributed by atoms with van der Waals surface area (Å²) in [6.07, 6.45) is 1.85. The van der Waals surface area contributed by atoms with Gasteiger partial charge in [0, 0.05) is 64.8 Å². The molecule has 3 rings (SSSR count). The number of rotatable bonds is 6. The Labute approximate surface area is 197 Å². The molecule has 0 bridgehead atoms. The number of guanidine groups is 1. The van der Waals surface area contributed by atoms with E-state index in [0.717, 1.165) is 55.8 Å². The maximum Gasteiger partial charge on any atom is 0.194 e. The molecular weight excluding hydrogens is 491 g/mol. The lowest BCUT2D eigenvalue weighted by Crippen LogP contribution is -2.52. The fraction of sp³-hybridized carbons (Fsp3) is 0.455. The molecule has 164 valence electrons. The fourth-order valence-electron chi connectivity index (χ4n) is 3.38. The Kier molecular flexibility index (Phi) is 9.48. The quantitative estimate of drug-likeness (QED) is 0.356. The second kappa shape index (κ2) is 11.8. The molecular formula is C22H33IN6O. The number of methoxy groups -OCH3 is 1. The van der Waals surface area contributed by atoms with E-state index >= 15 is 0 Å². The van der Waals surface area contributed by atoms with E-state index in [4.69, 9.17) is 9.73 Å². The molecule has 1 aliphatic rings. The van der Waals surface area contributed by atoms with Crippen molar-refractivity contribution >= 4 is 41.4 Å². The van der Waals surface area contributed by atoms with Crippen molar-refractivity contribution in [2.24, 2.45) is 4.99 Å². The Balaban J connectivity index is 0.00000320. The molecule has 0 aliphatic carbocycles. The van der Waals surface area contributed by atoms with Crippen molar-refractivity contribution in [2.75, 3.05) is 63.7 Å². The molecule has 0 spiro atoms. The number of hydrogen-bond acceptors (Lipinski definition) is 5. The Hall–Kier alpha value is -2.23. The third kappa shape index (κ3) is 6.38. The summed E-state index contributed by atoms with van der Waals surface area (Å²) in [6.45, 7) is 7.38. The molecule has 2 aromatic rings. The van der Waals surface area contributed by atoms with Crippen LogP contribution in [0.1, 0.15) is 12.5 Å². The van der Waals surface area contributed by atoms with E-state index in [9.17, 15) is 0 Å². The third-order valence-electron chi connectivity index (χ3n) is 5.01. The number of nitrogens with one attached hydrogen (secondary N) is 1. The maximum atomic E-state index is 5.36. The molecule has 1 aromatic carbocycles. The van der Waals surface area contributed by atoms with E-state index in [0.29, 0.717) is 6.54 Å². The topological polar surface area (TPSA) is 56.2 Å². The van der Waals surface area contributed by atoms with E-state index in [1.165, 1.54) is 5.69 Å². The van der Waals surface area contributed by atoms with Crippen LogP contribution in [0.25, 0.3) is 0 Å². The van der Waals surface area contributed by atoms with Crippen LogP contribution in [0.3, 0.4) is 0 Å². The van der Waals surface area contributed by atoms with Crippen molar-refractivity contribution in [3.8, 4) is 5.75 Å². The van der Waals surface area contributed by atoms with Gasteiger partial charge < -0.3 is 24.8 Å². The number of anilines is 2. The predicted octanol–water partition coefficient (Wildman–Crippen LogP) is 3.06. The number of ether oxygens (including phenoxy) is 1. The number of benzene rings is 1. The number of hydrogen-bond donors (Lipinski definition) is 1. The van der Waals surface area contributed by atoms with E-state index in [-0.39, 0.29) is 24.0 Å². The van der Waals surface area contributed by atoms with Crippen molar-refractivity contribution in [1.82, 2.24) is 15.2 Å². The highest BCUT2D eigenvalue weighted by Gasteiger charge is 2.20. The number of aromatic nitrogens is 1. The van der Waals surface area contributed by atoms with E-state index < -0.39 is 0 Å². The number of halogens is 1. The van der Waals surface area contributed by atoms with Crippen LogP contribution >= 0.6 is 24.0 Å². The van der Waals surface area contributed by atoms with Crippen molar-refractivity contribution < 1.29 is 4.74 Å². The molecule has 0 radical (unpaired) electrons. The minimum absolute atomic E-state index is 0. The molecule has 1 aromatic heterocycles. The van der Waals surface area contributed by atoms with Gasteiger partial charge in [-0.25, -0.2) is 9.98 Å². The zero-order valence-corrected chi connectivity index (χ0v) is 20.7. The zero-order valence-electron chi connectivity index (χ0n) is 18.3. The van der Waals surface area contributed by atoms with Gasteiger partial charge in [0.2, 0.25) is 0 Å². The Morgan fingerprint density at radius 2 is 1.93 bits per heavy atom. The van der Waals surface area contributed by atoms with Crippen molar-refractivity contribution in [1.29, 1.82) is 0 Å². The minimum atomic E-state index is 0. The highest BCUT2D eigenvalue weighted by molar-refractivity contribution is 14.0. The molecule has 30 heavy (non-hydrogen) atoms. The summed E-state index contributed by atoms with van der Waals surface area (Å²) in [4.78, 5) is 16.0. The summed E-state index contributed by atoms with van der Waals surface area (Å²) >= 11 is 0. The molecule has 8 heteroatoms. The van der Waals surface area contributed by atoms with E-state index in [1.54, 1.807) is 7.11 Å². The second-order valence-corrected chi connectivity index (χ2v) is 7.26. The molecule has 0 atom stereocenters. The highest BCUT2D eigenvalue weighted by atomic mass is 127. The summed E-state index contributed by atoms with van der Waals surface area (Å²) < 4.78 is 5.36. The van der Waals surface area contributed by atoms with Crippen molar-refractivity contribution in [2.45, 2.75) is 13.5 Å². The lowest BCUT2D eigenvalue weighted by Gasteiger charge is -2.37. The SMILES string of the molecule is CCNC(=NCc1ccnc(N(C)C)c1)N1CCN(c2cccc(OC)c2)CC1.I. The summed E-state index contributed by atoms with van der Waals surface area (Å²) in [5, 5.41) is 3.44. The zero-order chi connectivity index (χ0) is 20.6. The van der Waals surface area contributed by atoms with Gasteiger partial charge in [-0.1, -0.05) is 6.07 Å². The number of pyridine rings is 1. The van der Waals surface area contributed by atoms with Gasteiger partial charge in [-0.05, 0) is 36.8 Å². The minimum Gasteiger partial charge on any atom is -0.497 e. The average Bonchev–Trinajstić information content (AvgIpc) is 2.77. The van der Waals surface area contributed by atoms with E-state index in [1.807, 2.05) is 43.4 Å². The first-order chi connectivity index (χ1) is 14.1. The van der Waals surface area contributed by atoms with Gasteiger partial charge >= 0.3 is 0 Å². The molecule has 1 aliphatic heterocycles. The third-order valence-corrected chi connectivity index (χ3v) is 5.01. The van der Waals surface area contributed by atoms with Gasteiger partial charge in [-0.2, -0.15) is 0 Å². The van der Waals surface area contributed by atoms with Crippen LogP contribution < -0.4 is 19.9 Å². The van der Waals surface area contributed by atoms with Crippen LogP contribution in [0.15, 0.2) is 47.6 Å². The van der Waals surface area contributed by atoms with Crippen LogP contribution in [0.2, 0.25) is 0 Å². The summed E-state index contributed by atoms with van der Waals surface area (Å²) in [5.41, 5.74) is 2.37. The molecule has 7 nitrogen and oxygen atoms in total. The van der Waals surface area contributed by atoms with Gasteiger partial charge in [0.15, 0.2) is 5.96 Å². The monoisotopic (exact) mass is 524 g/mol. The molecule has 0 amide bonds. The lowest BCUT2D eigenvalue weighted by atomic mass is 10.2. The molecule has 0 saturated carbocycles. The molecule has 2 heterocycles. The summed E-state index contributed by atoms with van der Waals surface area (Å²) in [5.74, 6) is 2.82. The van der Waals surface area contributed by atoms with Gasteiger partial charge in [0.1, 0.15) is 11.6 Å². The number of nitrogens with zero attached hydrogens (tertiary/aromatic N) is 5.